The Bertz CT molecular complexity index is 477. The van der Waals surface area contributed by atoms with E-state index in [1.165, 1.54) is 0 Å². The second kappa shape index (κ2) is 7.62. The molecule has 0 fully saturated rings. The third-order valence-corrected chi connectivity index (χ3v) is 5.14. The minimum Gasteiger partial charge on any atom is -0.211 e. The summed E-state index contributed by atoms with van der Waals surface area (Å²) in [6.07, 6.45) is 1.93. The van der Waals surface area contributed by atoms with Gasteiger partial charge < -0.3 is 0 Å². The first kappa shape index (κ1) is 16.1. The lowest BCUT2D eigenvalue weighted by atomic mass is 10.0. The van der Waals surface area contributed by atoms with E-state index in [9.17, 15) is 8.42 Å². The zero-order valence-electron chi connectivity index (χ0n) is 10.2. The summed E-state index contributed by atoms with van der Waals surface area (Å²) in [5.41, 5.74) is 0. The predicted octanol–water partition coefficient (Wildman–Crippen LogP) is 3.54. The lowest BCUT2D eigenvalue weighted by molar-refractivity contribution is 0.483. The quantitative estimate of drug-likeness (QED) is 0.714. The fraction of sp³-hybridized carbons (Fsp3) is 0.500. The van der Waals surface area contributed by atoms with Crippen molar-refractivity contribution >= 4 is 41.9 Å². The number of alkyl halides is 1. The number of benzene rings is 1. The molecule has 1 atom stereocenters. The lowest BCUT2D eigenvalue weighted by Crippen LogP contribution is -2.29. The highest BCUT2D eigenvalue weighted by atomic mass is 79.9. The predicted molar refractivity (Wildman–Crippen MR) is 81.5 cm³/mol. The number of sulfonamides is 1. The van der Waals surface area contributed by atoms with Crippen molar-refractivity contribution in [3.63, 3.8) is 0 Å². The highest BCUT2D eigenvalue weighted by Gasteiger charge is 2.16. The van der Waals surface area contributed by atoms with Crippen molar-refractivity contribution in [2.75, 3.05) is 11.9 Å². The molecule has 1 N–H and O–H groups in total. The van der Waals surface area contributed by atoms with Crippen LogP contribution < -0.4 is 4.72 Å². The molecule has 1 rings (SSSR count). The third kappa shape index (κ3) is 4.99. The standard InChI is InChI=1S/C12H17Br2NO2S/c1-2-10(6-7-13)9-15-18(16,17)12-5-3-4-11(14)8-12/h3-5,8,10,15H,2,6-7,9H2,1H3. The minimum atomic E-state index is -3.40. The molecule has 0 aliphatic carbocycles. The first-order valence-electron chi connectivity index (χ1n) is 5.80. The van der Waals surface area contributed by atoms with Gasteiger partial charge >= 0.3 is 0 Å². The van der Waals surface area contributed by atoms with Gasteiger partial charge in [0.2, 0.25) is 10.0 Å². The second-order valence-corrected chi connectivity index (χ2v) is 7.54. The van der Waals surface area contributed by atoms with Crippen LogP contribution in [0.3, 0.4) is 0 Å². The molecule has 18 heavy (non-hydrogen) atoms. The monoisotopic (exact) mass is 397 g/mol. The van der Waals surface area contributed by atoms with Gasteiger partial charge in [0.1, 0.15) is 0 Å². The van der Waals surface area contributed by atoms with Crippen LogP contribution in [0.15, 0.2) is 33.6 Å². The summed E-state index contributed by atoms with van der Waals surface area (Å²) in [6, 6.07) is 6.72. The Hall–Kier alpha value is 0.0900. The molecule has 0 aliphatic rings. The lowest BCUT2D eigenvalue weighted by Gasteiger charge is -2.14. The van der Waals surface area contributed by atoms with Gasteiger partial charge in [0.25, 0.3) is 0 Å². The van der Waals surface area contributed by atoms with Crippen LogP contribution in [-0.4, -0.2) is 20.3 Å². The molecule has 0 aromatic heterocycles. The molecule has 1 aromatic rings. The van der Waals surface area contributed by atoms with Gasteiger partial charge in [0.15, 0.2) is 0 Å². The molecular weight excluding hydrogens is 382 g/mol. The molecule has 3 nitrogen and oxygen atoms in total. The maximum atomic E-state index is 12.1. The highest BCUT2D eigenvalue weighted by molar-refractivity contribution is 9.10. The molecular formula is C12H17Br2NO2S. The van der Waals surface area contributed by atoms with Crippen molar-refractivity contribution in [3.05, 3.63) is 28.7 Å². The Kier molecular flexibility index (Phi) is 6.84. The third-order valence-electron chi connectivity index (χ3n) is 2.76. The summed E-state index contributed by atoms with van der Waals surface area (Å²) in [7, 11) is -3.40. The maximum absolute atomic E-state index is 12.1. The van der Waals surface area contributed by atoms with E-state index in [2.05, 4.69) is 43.5 Å². The maximum Gasteiger partial charge on any atom is 0.240 e. The van der Waals surface area contributed by atoms with E-state index in [4.69, 9.17) is 0 Å². The van der Waals surface area contributed by atoms with E-state index in [-0.39, 0.29) is 0 Å². The summed E-state index contributed by atoms with van der Waals surface area (Å²) in [5, 5.41) is 0.893. The summed E-state index contributed by atoms with van der Waals surface area (Å²) in [4.78, 5) is 0.297. The molecule has 0 heterocycles. The second-order valence-electron chi connectivity index (χ2n) is 4.06. The van der Waals surface area contributed by atoms with Crippen molar-refractivity contribution in [2.24, 2.45) is 5.92 Å². The summed E-state index contributed by atoms with van der Waals surface area (Å²) >= 11 is 6.66. The molecule has 0 aliphatic heterocycles. The molecule has 0 bridgehead atoms. The fourth-order valence-corrected chi connectivity index (χ4v) is 3.91. The van der Waals surface area contributed by atoms with Gasteiger partial charge in [0.05, 0.1) is 4.90 Å². The van der Waals surface area contributed by atoms with Crippen LogP contribution in [-0.2, 0) is 10.0 Å². The van der Waals surface area contributed by atoms with Crippen LogP contribution in [0.25, 0.3) is 0 Å². The Labute approximate surface area is 126 Å². The van der Waals surface area contributed by atoms with E-state index >= 15 is 0 Å². The SMILES string of the molecule is CCC(CCBr)CNS(=O)(=O)c1cccc(Br)c1. The van der Waals surface area contributed by atoms with Crippen LogP contribution in [0.4, 0.5) is 0 Å². The van der Waals surface area contributed by atoms with Crippen LogP contribution in [0.2, 0.25) is 0 Å². The molecule has 0 radical (unpaired) electrons. The van der Waals surface area contributed by atoms with Crippen molar-refractivity contribution in [1.29, 1.82) is 0 Å². The Balaban J connectivity index is 2.70. The van der Waals surface area contributed by atoms with Crippen LogP contribution in [0, 0.1) is 5.92 Å². The van der Waals surface area contributed by atoms with E-state index in [0.717, 1.165) is 22.6 Å². The highest BCUT2D eigenvalue weighted by Crippen LogP contribution is 2.16. The molecule has 0 amide bonds. The van der Waals surface area contributed by atoms with Crippen LogP contribution in [0.5, 0.6) is 0 Å². The molecule has 6 heteroatoms. The number of halogens is 2. The normalized spacial score (nSPS) is 13.5. The van der Waals surface area contributed by atoms with Crippen molar-refractivity contribution in [3.8, 4) is 0 Å². The van der Waals surface area contributed by atoms with Gasteiger partial charge in [-0.1, -0.05) is 51.3 Å². The molecule has 1 unspecified atom stereocenters. The number of rotatable bonds is 7. The average Bonchev–Trinajstić information content (AvgIpc) is 2.34. The first-order chi connectivity index (χ1) is 8.49. The van der Waals surface area contributed by atoms with Crippen molar-refractivity contribution in [2.45, 2.75) is 24.7 Å². The van der Waals surface area contributed by atoms with Gasteiger partial charge in [-0.05, 0) is 30.5 Å². The van der Waals surface area contributed by atoms with E-state index in [1.54, 1.807) is 24.3 Å². The number of nitrogens with one attached hydrogen (secondary N) is 1. The van der Waals surface area contributed by atoms with Crippen LogP contribution >= 0.6 is 31.9 Å². The van der Waals surface area contributed by atoms with Gasteiger partial charge in [-0.3, -0.25) is 0 Å². The van der Waals surface area contributed by atoms with Gasteiger partial charge in [-0.15, -0.1) is 0 Å². The topological polar surface area (TPSA) is 46.2 Å². The average molecular weight is 399 g/mol. The Morgan fingerprint density at radius 2 is 2.11 bits per heavy atom. The van der Waals surface area contributed by atoms with E-state index in [1.807, 2.05) is 0 Å². The summed E-state index contributed by atoms with van der Waals surface area (Å²) in [5.74, 6) is 0.367. The van der Waals surface area contributed by atoms with E-state index in [0.29, 0.717) is 17.4 Å². The van der Waals surface area contributed by atoms with Gasteiger partial charge in [-0.2, -0.15) is 0 Å². The van der Waals surface area contributed by atoms with Crippen LogP contribution in [0.1, 0.15) is 19.8 Å². The first-order valence-corrected chi connectivity index (χ1v) is 9.20. The zero-order chi connectivity index (χ0) is 13.6. The van der Waals surface area contributed by atoms with E-state index < -0.39 is 10.0 Å². The smallest absolute Gasteiger partial charge is 0.211 e. The Morgan fingerprint density at radius 3 is 2.67 bits per heavy atom. The largest absolute Gasteiger partial charge is 0.240 e. The molecule has 0 spiro atoms. The van der Waals surface area contributed by atoms with Gasteiger partial charge in [-0.25, -0.2) is 13.1 Å². The summed E-state index contributed by atoms with van der Waals surface area (Å²) in [6.45, 7) is 2.55. The number of hydrogen-bond donors (Lipinski definition) is 1. The van der Waals surface area contributed by atoms with Gasteiger partial charge in [0, 0.05) is 16.3 Å². The number of hydrogen-bond acceptors (Lipinski definition) is 2. The Morgan fingerprint density at radius 1 is 1.39 bits per heavy atom. The van der Waals surface area contributed by atoms with Crippen molar-refractivity contribution < 1.29 is 8.42 Å². The van der Waals surface area contributed by atoms with Crippen molar-refractivity contribution in [1.82, 2.24) is 4.72 Å². The molecule has 1 aromatic carbocycles. The molecule has 0 saturated heterocycles. The fourth-order valence-electron chi connectivity index (χ4n) is 1.55. The molecule has 0 saturated carbocycles. The molecule has 102 valence electrons. The zero-order valence-corrected chi connectivity index (χ0v) is 14.2. The minimum absolute atomic E-state index is 0.297. The summed E-state index contributed by atoms with van der Waals surface area (Å²) < 4.78 is 27.6.